The molecule has 2 fully saturated rings. The Morgan fingerprint density at radius 3 is 2.72 bits per heavy atom. The Morgan fingerprint density at radius 2 is 2.06 bits per heavy atom. The molecule has 4 nitrogen and oxygen atoms in total. The van der Waals surface area contributed by atoms with Crippen molar-refractivity contribution in [3.8, 4) is 0 Å². The number of amides is 1. The lowest BCUT2D eigenvalue weighted by molar-refractivity contribution is -0.123. The van der Waals surface area contributed by atoms with Gasteiger partial charge in [0.15, 0.2) is 0 Å². The third kappa shape index (κ3) is 4.25. The molecule has 0 bridgehead atoms. The number of aliphatic hydroxyl groups is 1. The molecule has 0 aromatic carbocycles. The minimum absolute atomic E-state index is 0.0997. The molecule has 1 saturated carbocycles. The summed E-state index contributed by atoms with van der Waals surface area (Å²) in [6.45, 7) is 2.47. The van der Waals surface area contributed by atoms with Gasteiger partial charge in [-0.15, -0.1) is 0 Å². The second-order valence-corrected chi connectivity index (χ2v) is 5.98. The average Bonchev–Trinajstić information content (AvgIpc) is 2.39. The van der Waals surface area contributed by atoms with Crippen LogP contribution in [0.4, 0.5) is 0 Å². The highest BCUT2D eigenvalue weighted by molar-refractivity contribution is 5.76. The van der Waals surface area contributed by atoms with Crippen molar-refractivity contribution in [3.05, 3.63) is 0 Å². The molecule has 0 aromatic heterocycles. The number of hydrogen-bond acceptors (Lipinski definition) is 3. The van der Waals surface area contributed by atoms with Gasteiger partial charge in [-0.05, 0) is 44.7 Å². The standard InChI is InChI=1S/C14H26N2O2/c17-13(9-12-5-4-8-15-10-12)16-11-14(18)6-2-1-3-7-14/h12,15,18H,1-11H2,(H,16,17). The van der Waals surface area contributed by atoms with E-state index in [-0.39, 0.29) is 5.91 Å². The molecule has 1 amide bonds. The van der Waals surface area contributed by atoms with Gasteiger partial charge in [-0.2, -0.15) is 0 Å². The van der Waals surface area contributed by atoms with Gasteiger partial charge in [-0.3, -0.25) is 4.79 Å². The van der Waals surface area contributed by atoms with E-state index < -0.39 is 5.60 Å². The summed E-state index contributed by atoms with van der Waals surface area (Å²) < 4.78 is 0. The molecule has 18 heavy (non-hydrogen) atoms. The van der Waals surface area contributed by atoms with Crippen LogP contribution in [0.15, 0.2) is 0 Å². The van der Waals surface area contributed by atoms with Crippen LogP contribution in [0.25, 0.3) is 0 Å². The molecule has 4 heteroatoms. The monoisotopic (exact) mass is 254 g/mol. The molecule has 0 spiro atoms. The Labute approximate surface area is 110 Å². The van der Waals surface area contributed by atoms with E-state index in [1.165, 1.54) is 12.8 Å². The van der Waals surface area contributed by atoms with Crippen LogP contribution in [-0.2, 0) is 4.79 Å². The molecule has 2 aliphatic rings. The second-order valence-electron chi connectivity index (χ2n) is 5.98. The number of piperidine rings is 1. The summed E-state index contributed by atoms with van der Waals surface area (Å²) in [6, 6.07) is 0. The minimum atomic E-state index is -0.640. The lowest BCUT2D eigenvalue weighted by Gasteiger charge is -2.32. The maximum Gasteiger partial charge on any atom is 0.220 e. The molecule has 1 aliphatic carbocycles. The van der Waals surface area contributed by atoms with Crippen LogP contribution in [0.2, 0.25) is 0 Å². The van der Waals surface area contributed by atoms with Crippen molar-refractivity contribution in [2.24, 2.45) is 5.92 Å². The number of hydrogen-bond donors (Lipinski definition) is 3. The van der Waals surface area contributed by atoms with E-state index in [1.807, 2.05) is 0 Å². The third-order valence-electron chi connectivity index (χ3n) is 4.27. The predicted octanol–water partition coefficient (Wildman–Crippen LogP) is 1.19. The van der Waals surface area contributed by atoms with Gasteiger partial charge in [0.2, 0.25) is 5.91 Å². The maximum absolute atomic E-state index is 11.8. The van der Waals surface area contributed by atoms with Gasteiger partial charge in [-0.25, -0.2) is 0 Å². The summed E-state index contributed by atoms with van der Waals surface area (Å²) >= 11 is 0. The lowest BCUT2D eigenvalue weighted by atomic mass is 9.85. The normalized spacial score (nSPS) is 27.7. The van der Waals surface area contributed by atoms with E-state index in [4.69, 9.17) is 0 Å². The molecule has 0 radical (unpaired) electrons. The van der Waals surface area contributed by atoms with Crippen LogP contribution >= 0.6 is 0 Å². The molecule has 1 atom stereocenters. The molecule has 2 rings (SSSR count). The largest absolute Gasteiger partial charge is 0.388 e. The van der Waals surface area contributed by atoms with Crippen molar-refractivity contribution in [1.29, 1.82) is 0 Å². The first-order valence-corrected chi connectivity index (χ1v) is 7.38. The molecule has 104 valence electrons. The zero-order valence-corrected chi connectivity index (χ0v) is 11.2. The summed E-state index contributed by atoms with van der Waals surface area (Å²) in [5, 5.41) is 16.5. The van der Waals surface area contributed by atoms with E-state index >= 15 is 0 Å². The van der Waals surface area contributed by atoms with Gasteiger partial charge < -0.3 is 15.7 Å². The zero-order chi connectivity index (χ0) is 12.8. The smallest absolute Gasteiger partial charge is 0.220 e. The highest BCUT2D eigenvalue weighted by Crippen LogP contribution is 2.27. The maximum atomic E-state index is 11.8. The molecule has 1 saturated heterocycles. The topological polar surface area (TPSA) is 61.4 Å². The van der Waals surface area contributed by atoms with Gasteiger partial charge in [0, 0.05) is 13.0 Å². The van der Waals surface area contributed by atoms with Crippen molar-refractivity contribution in [1.82, 2.24) is 10.6 Å². The highest BCUT2D eigenvalue weighted by Gasteiger charge is 2.29. The van der Waals surface area contributed by atoms with Gasteiger partial charge in [0.05, 0.1) is 5.60 Å². The fourth-order valence-electron chi connectivity index (χ4n) is 3.08. The lowest BCUT2D eigenvalue weighted by Crippen LogP contribution is -2.45. The summed E-state index contributed by atoms with van der Waals surface area (Å²) in [6.07, 6.45) is 7.95. The number of carbonyl (C=O) groups excluding carboxylic acids is 1. The molecule has 1 unspecified atom stereocenters. The first-order chi connectivity index (χ1) is 8.68. The Morgan fingerprint density at radius 1 is 1.28 bits per heavy atom. The van der Waals surface area contributed by atoms with Crippen LogP contribution < -0.4 is 10.6 Å². The average molecular weight is 254 g/mol. The molecule has 1 heterocycles. The summed E-state index contributed by atoms with van der Waals surface area (Å²) in [5.74, 6) is 0.572. The van der Waals surface area contributed by atoms with E-state index in [2.05, 4.69) is 10.6 Å². The van der Waals surface area contributed by atoms with Crippen LogP contribution in [0.3, 0.4) is 0 Å². The molecular weight excluding hydrogens is 228 g/mol. The number of carbonyl (C=O) groups is 1. The van der Waals surface area contributed by atoms with Crippen molar-refractivity contribution in [2.45, 2.75) is 57.0 Å². The van der Waals surface area contributed by atoms with Crippen LogP contribution in [-0.4, -0.2) is 36.2 Å². The fraction of sp³-hybridized carbons (Fsp3) is 0.929. The molecular formula is C14H26N2O2. The highest BCUT2D eigenvalue weighted by atomic mass is 16.3. The summed E-state index contributed by atoms with van der Waals surface area (Å²) in [5.41, 5.74) is -0.640. The third-order valence-corrected chi connectivity index (χ3v) is 4.27. The van der Waals surface area contributed by atoms with E-state index in [9.17, 15) is 9.90 Å². The van der Waals surface area contributed by atoms with E-state index in [1.54, 1.807) is 0 Å². The van der Waals surface area contributed by atoms with Crippen molar-refractivity contribution in [3.63, 3.8) is 0 Å². The quantitative estimate of drug-likeness (QED) is 0.706. The van der Waals surface area contributed by atoms with Crippen LogP contribution in [0.5, 0.6) is 0 Å². The predicted molar refractivity (Wildman–Crippen MR) is 71.3 cm³/mol. The Kier molecular flexibility index (Phi) is 5.01. The number of nitrogens with one attached hydrogen (secondary N) is 2. The Balaban J connectivity index is 1.67. The van der Waals surface area contributed by atoms with Gasteiger partial charge in [0.1, 0.15) is 0 Å². The zero-order valence-electron chi connectivity index (χ0n) is 11.2. The fourth-order valence-corrected chi connectivity index (χ4v) is 3.08. The van der Waals surface area contributed by atoms with Crippen LogP contribution in [0, 0.1) is 5.92 Å². The van der Waals surface area contributed by atoms with E-state index in [0.29, 0.717) is 18.9 Å². The Bertz CT molecular complexity index is 269. The van der Waals surface area contributed by atoms with Gasteiger partial charge >= 0.3 is 0 Å². The minimum Gasteiger partial charge on any atom is -0.388 e. The van der Waals surface area contributed by atoms with Gasteiger partial charge in [-0.1, -0.05) is 19.3 Å². The molecule has 0 aromatic rings. The first-order valence-electron chi connectivity index (χ1n) is 7.38. The van der Waals surface area contributed by atoms with E-state index in [0.717, 1.165) is 45.2 Å². The molecule has 3 N–H and O–H groups in total. The van der Waals surface area contributed by atoms with Crippen molar-refractivity contribution < 1.29 is 9.90 Å². The summed E-state index contributed by atoms with van der Waals surface area (Å²) in [7, 11) is 0. The van der Waals surface area contributed by atoms with Crippen LogP contribution in [0.1, 0.15) is 51.4 Å². The second kappa shape index (κ2) is 6.53. The molecule has 1 aliphatic heterocycles. The Hall–Kier alpha value is -0.610. The van der Waals surface area contributed by atoms with Crippen molar-refractivity contribution in [2.75, 3.05) is 19.6 Å². The summed E-state index contributed by atoms with van der Waals surface area (Å²) in [4.78, 5) is 11.8. The van der Waals surface area contributed by atoms with Crippen molar-refractivity contribution >= 4 is 5.91 Å². The first kappa shape index (κ1) is 13.8. The number of rotatable bonds is 4. The SMILES string of the molecule is O=C(CC1CCCNC1)NCC1(O)CCCCC1. The van der Waals surface area contributed by atoms with Gasteiger partial charge in [0.25, 0.3) is 0 Å².